The molecule has 0 fully saturated rings. The van der Waals surface area contributed by atoms with Crippen LogP contribution in [0, 0.1) is 5.41 Å². The third kappa shape index (κ3) is 1.95. The van der Waals surface area contributed by atoms with Crippen molar-refractivity contribution in [3.8, 4) is 0 Å². The fraction of sp³-hybridized carbons (Fsp3) is 0.625. The SMILES string of the molecule is CC(C)(C)C1OC(=O)C=C1I. The van der Waals surface area contributed by atoms with Crippen LogP contribution in [0.25, 0.3) is 0 Å². The smallest absolute Gasteiger partial charge is 0.332 e. The van der Waals surface area contributed by atoms with Crippen molar-refractivity contribution in [3.05, 3.63) is 9.66 Å². The van der Waals surface area contributed by atoms with Crippen LogP contribution in [0.15, 0.2) is 9.66 Å². The molecule has 0 spiro atoms. The van der Waals surface area contributed by atoms with Crippen LogP contribution in [-0.2, 0) is 9.53 Å². The Kier molecular flexibility index (Phi) is 2.27. The van der Waals surface area contributed by atoms with Gasteiger partial charge in [-0.15, -0.1) is 0 Å². The molecule has 0 saturated heterocycles. The van der Waals surface area contributed by atoms with Gasteiger partial charge < -0.3 is 4.74 Å². The number of ether oxygens (including phenoxy) is 1. The zero-order valence-corrected chi connectivity index (χ0v) is 9.01. The molecule has 1 aliphatic heterocycles. The van der Waals surface area contributed by atoms with Crippen LogP contribution in [0.4, 0.5) is 0 Å². The highest BCUT2D eigenvalue weighted by molar-refractivity contribution is 14.1. The van der Waals surface area contributed by atoms with E-state index in [0.717, 1.165) is 3.58 Å². The van der Waals surface area contributed by atoms with Crippen LogP contribution < -0.4 is 0 Å². The molecule has 1 rings (SSSR count). The first-order valence-corrected chi connectivity index (χ1v) is 4.57. The van der Waals surface area contributed by atoms with Crippen LogP contribution in [0.5, 0.6) is 0 Å². The second-order valence-corrected chi connectivity index (χ2v) is 4.96. The van der Waals surface area contributed by atoms with E-state index >= 15 is 0 Å². The van der Waals surface area contributed by atoms with Gasteiger partial charge in [0, 0.05) is 15.1 Å². The van der Waals surface area contributed by atoms with E-state index in [9.17, 15) is 4.79 Å². The Bertz CT molecular complexity index is 213. The molecule has 0 N–H and O–H groups in total. The Labute approximate surface area is 80.1 Å². The highest BCUT2D eigenvalue weighted by Gasteiger charge is 2.34. The average Bonchev–Trinajstić information content (AvgIpc) is 2.08. The Balaban J connectivity index is 2.80. The minimum atomic E-state index is -0.214. The van der Waals surface area contributed by atoms with Crippen molar-refractivity contribution in [2.45, 2.75) is 26.9 Å². The number of carbonyl (C=O) groups excluding carboxylic acids is 1. The van der Waals surface area contributed by atoms with Gasteiger partial charge in [-0.25, -0.2) is 4.79 Å². The molecule has 0 saturated carbocycles. The monoisotopic (exact) mass is 266 g/mol. The maximum absolute atomic E-state index is 10.8. The van der Waals surface area contributed by atoms with Crippen molar-refractivity contribution >= 4 is 28.6 Å². The molecule has 0 radical (unpaired) electrons. The zero-order chi connectivity index (χ0) is 8.65. The Hall–Kier alpha value is -0.0600. The molecular weight excluding hydrogens is 255 g/mol. The number of hydrogen-bond donors (Lipinski definition) is 0. The molecular formula is C8H11IO2. The van der Waals surface area contributed by atoms with Crippen molar-refractivity contribution in [1.29, 1.82) is 0 Å². The van der Waals surface area contributed by atoms with Crippen molar-refractivity contribution in [2.24, 2.45) is 5.41 Å². The number of hydrogen-bond acceptors (Lipinski definition) is 2. The lowest BCUT2D eigenvalue weighted by molar-refractivity contribution is -0.142. The van der Waals surface area contributed by atoms with E-state index in [0.29, 0.717) is 0 Å². The van der Waals surface area contributed by atoms with E-state index in [-0.39, 0.29) is 17.5 Å². The van der Waals surface area contributed by atoms with Gasteiger partial charge >= 0.3 is 5.97 Å². The maximum atomic E-state index is 10.8. The van der Waals surface area contributed by atoms with Crippen LogP contribution in [-0.4, -0.2) is 12.1 Å². The first kappa shape index (κ1) is 9.03. The second-order valence-electron chi connectivity index (χ2n) is 3.71. The molecule has 1 heterocycles. The molecule has 62 valence electrons. The Morgan fingerprint density at radius 2 is 2.09 bits per heavy atom. The predicted molar refractivity (Wildman–Crippen MR) is 51.4 cm³/mol. The molecule has 0 aromatic carbocycles. The van der Waals surface area contributed by atoms with Gasteiger partial charge in [0.2, 0.25) is 0 Å². The second kappa shape index (κ2) is 2.77. The lowest BCUT2D eigenvalue weighted by Crippen LogP contribution is -2.27. The average molecular weight is 266 g/mol. The Morgan fingerprint density at radius 3 is 2.27 bits per heavy atom. The van der Waals surface area contributed by atoms with Gasteiger partial charge in [-0.2, -0.15) is 0 Å². The summed E-state index contributed by atoms with van der Waals surface area (Å²) in [6.45, 7) is 6.17. The summed E-state index contributed by atoms with van der Waals surface area (Å²) in [5.74, 6) is -0.214. The number of esters is 1. The quantitative estimate of drug-likeness (QED) is 0.496. The van der Waals surface area contributed by atoms with Gasteiger partial charge in [-0.3, -0.25) is 0 Å². The number of rotatable bonds is 0. The minimum absolute atomic E-state index is 0.0131. The van der Waals surface area contributed by atoms with Gasteiger partial charge in [0.15, 0.2) is 0 Å². The van der Waals surface area contributed by atoms with Crippen molar-refractivity contribution in [3.63, 3.8) is 0 Å². The van der Waals surface area contributed by atoms with Crippen molar-refractivity contribution < 1.29 is 9.53 Å². The van der Waals surface area contributed by atoms with E-state index in [1.807, 2.05) is 0 Å². The maximum Gasteiger partial charge on any atom is 0.332 e. The molecule has 11 heavy (non-hydrogen) atoms. The molecule has 1 aliphatic rings. The molecule has 0 aromatic heterocycles. The first-order chi connectivity index (χ1) is 4.91. The molecule has 0 aliphatic carbocycles. The topological polar surface area (TPSA) is 26.3 Å². The van der Waals surface area contributed by atoms with Crippen LogP contribution in [0.1, 0.15) is 20.8 Å². The molecule has 1 unspecified atom stereocenters. The highest BCUT2D eigenvalue weighted by atomic mass is 127. The van der Waals surface area contributed by atoms with Crippen molar-refractivity contribution in [1.82, 2.24) is 0 Å². The lowest BCUT2D eigenvalue weighted by Gasteiger charge is -2.25. The largest absolute Gasteiger partial charge is 0.453 e. The molecule has 0 amide bonds. The molecule has 1 atom stereocenters. The fourth-order valence-electron chi connectivity index (χ4n) is 0.985. The minimum Gasteiger partial charge on any atom is -0.453 e. The summed E-state index contributed by atoms with van der Waals surface area (Å²) in [5, 5.41) is 0. The van der Waals surface area contributed by atoms with Crippen LogP contribution in [0.3, 0.4) is 0 Å². The number of cyclic esters (lactones) is 1. The van der Waals surface area contributed by atoms with E-state index < -0.39 is 0 Å². The van der Waals surface area contributed by atoms with Gasteiger partial charge in [-0.05, 0) is 22.6 Å². The van der Waals surface area contributed by atoms with E-state index in [1.54, 1.807) is 6.08 Å². The Morgan fingerprint density at radius 1 is 1.55 bits per heavy atom. The van der Waals surface area contributed by atoms with Gasteiger partial charge in [-0.1, -0.05) is 20.8 Å². The van der Waals surface area contributed by atoms with E-state index in [4.69, 9.17) is 4.74 Å². The summed E-state index contributed by atoms with van der Waals surface area (Å²) >= 11 is 2.15. The van der Waals surface area contributed by atoms with Crippen molar-refractivity contribution in [2.75, 3.05) is 0 Å². The molecule has 0 bridgehead atoms. The van der Waals surface area contributed by atoms with Gasteiger partial charge in [0.25, 0.3) is 0 Å². The lowest BCUT2D eigenvalue weighted by atomic mass is 9.89. The fourth-order valence-corrected chi connectivity index (χ4v) is 2.30. The van der Waals surface area contributed by atoms with Gasteiger partial charge in [0.05, 0.1) is 0 Å². The third-order valence-electron chi connectivity index (χ3n) is 1.53. The summed E-state index contributed by atoms with van der Waals surface area (Å²) in [5.41, 5.74) is 0.0131. The predicted octanol–water partition coefficient (Wildman–Crippen LogP) is 2.28. The highest BCUT2D eigenvalue weighted by Crippen LogP contribution is 2.34. The van der Waals surface area contributed by atoms with E-state index in [2.05, 4.69) is 43.4 Å². The van der Waals surface area contributed by atoms with Gasteiger partial charge in [0.1, 0.15) is 6.10 Å². The first-order valence-electron chi connectivity index (χ1n) is 3.49. The normalized spacial score (nSPS) is 24.9. The summed E-state index contributed by atoms with van der Waals surface area (Å²) in [6, 6.07) is 0. The number of halogens is 1. The molecule has 2 nitrogen and oxygen atoms in total. The zero-order valence-electron chi connectivity index (χ0n) is 6.85. The molecule has 0 aromatic rings. The molecule has 3 heteroatoms. The summed E-state index contributed by atoms with van der Waals surface area (Å²) in [4.78, 5) is 10.8. The third-order valence-corrected chi connectivity index (χ3v) is 2.40. The van der Waals surface area contributed by atoms with Crippen LogP contribution in [0.2, 0.25) is 0 Å². The summed E-state index contributed by atoms with van der Waals surface area (Å²) in [6.07, 6.45) is 1.51. The standard InChI is InChI=1S/C8H11IO2/c1-8(2,3)7-5(9)4-6(10)11-7/h4,7H,1-3H3. The van der Waals surface area contributed by atoms with Crippen LogP contribution >= 0.6 is 22.6 Å². The van der Waals surface area contributed by atoms with E-state index in [1.165, 1.54) is 0 Å². The summed E-state index contributed by atoms with van der Waals surface area (Å²) in [7, 11) is 0. The number of carbonyl (C=O) groups is 1. The summed E-state index contributed by atoms with van der Waals surface area (Å²) < 4.78 is 6.10.